The van der Waals surface area contributed by atoms with Gasteiger partial charge in [0, 0.05) is 32.7 Å². The third-order valence-corrected chi connectivity index (χ3v) is 4.00. The molecule has 0 radical (unpaired) electrons. The highest BCUT2D eigenvalue weighted by Gasteiger charge is 2.27. The fraction of sp³-hybridized carbons (Fsp3) is 0.667. The molecule has 0 amide bonds. The predicted molar refractivity (Wildman–Crippen MR) is 71.2 cm³/mol. The number of H-pyrrole nitrogens is 1. The number of aromatic nitrogens is 2. The van der Waals surface area contributed by atoms with Crippen LogP contribution >= 0.6 is 11.6 Å². The zero-order chi connectivity index (χ0) is 12.5. The van der Waals surface area contributed by atoms with Gasteiger partial charge in [-0.25, -0.2) is 4.98 Å². The number of nitrogens with zero attached hydrogens (tertiary/aromatic N) is 3. The lowest BCUT2D eigenvalue weighted by atomic mass is 10.3. The molecule has 1 aromatic heterocycles. The Labute approximate surface area is 111 Å². The summed E-state index contributed by atoms with van der Waals surface area (Å²) in [5.74, 6) is 1.55. The summed E-state index contributed by atoms with van der Waals surface area (Å²) in [4.78, 5) is 22.7. The molecule has 2 fully saturated rings. The summed E-state index contributed by atoms with van der Waals surface area (Å²) in [6, 6.07) is 0. The van der Waals surface area contributed by atoms with Gasteiger partial charge < -0.3 is 9.88 Å². The summed E-state index contributed by atoms with van der Waals surface area (Å²) in [6.45, 7) is 5.07. The van der Waals surface area contributed by atoms with E-state index in [0.717, 1.165) is 32.1 Å². The van der Waals surface area contributed by atoms with Gasteiger partial charge in [-0.15, -0.1) is 0 Å². The van der Waals surface area contributed by atoms with Gasteiger partial charge in [-0.05, 0) is 18.8 Å². The number of anilines is 1. The van der Waals surface area contributed by atoms with Crippen molar-refractivity contribution in [1.29, 1.82) is 0 Å². The average Bonchev–Trinajstić information content (AvgIpc) is 3.18. The molecule has 1 aromatic rings. The second-order valence-corrected chi connectivity index (χ2v) is 5.48. The summed E-state index contributed by atoms with van der Waals surface area (Å²) in [5, 5.41) is 0.202. The minimum atomic E-state index is -0.262. The van der Waals surface area contributed by atoms with Gasteiger partial charge in [-0.1, -0.05) is 11.6 Å². The molecule has 0 unspecified atom stereocenters. The second-order valence-electron chi connectivity index (χ2n) is 5.10. The molecule has 0 aromatic carbocycles. The van der Waals surface area contributed by atoms with Gasteiger partial charge in [0.15, 0.2) is 5.82 Å². The van der Waals surface area contributed by atoms with Crippen LogP contribution in [0.2, 0.25) is 5.02 Å². The van der Waals surface area contributed by atoms with Gasteiger partial charge in [-0.3, -0.25) is 9.69 Å². The van der Waals surface area contributed by atoms with E-state index in [1.54, 1.807) is 0 Å². The molecule has 2 aliphatic rings. The fourth-order valence-corrected chi connectivity index (χ4v) is 2.62. The van der Waals surface area contributed by atoms with E-state index < -0.39 is 0 Å². The van der Waals surface area contributed by atoms with Crippen LogP contribution in [0, 0.1) is 5.92 Å². The van der Waals surface area contributed by atoms with Crippen LogP contribution in [-0.4, -0.2) is 47.6 Å². The van der Waals surface area contributed by atoms with Gasteiger partial charge in [-0.2, -0.15) is 0 Å². The first-order chi connectivity index (χ1) is 8.74. The SMILES string of the molecule is O=c1[nH]cnc(N2CCN(CC3CC3)CC2)c1Cl. The number of rotatable bonds is 3. The summed E-state index contributed by atoms with van der Waals surface area (Å²) < 4.78 is 0. The van der Waals surface area contributed by atoms with Gasteiger partial charge in [0.1, 0.15) is 5.02 Å². The molecular formula is C12H17ClN4O. The van der Waals surface area contributed by atoms with Crippen LogP contribution in [0.1, 0.15) is 12.8 Å². The van der Waals surface area contributed by atoms with Crippen LogP contribution in [0.3, 0.4) is 0 Å². The third-order valence-electron chi connectivity index (χ3n) is 3.66. The largest absolute Gasteiger partial charge is 0.353 e. The van der Waals surface area contributed by atoms with Crippen LogP contribution in [0.25, 0.3) is 0 Å². The number of halogens is 1. The molecule has 0 bridgehead atoms. The highest BCUT2D eigenvalue weighted by molar-refractivity contribution is 6.32. The monoisotopic (exact) mass is 268 g/mol. The van der Waals surface area contributed by atoms with Crippen molar-refractivity contribution in [2.24, 2.45) is 5.92 Å². The third kappa shape index (κ3) is 2.52. The molecule has 0 spiro atoms. The molecule has 3 rings (SSSR count). The molecule has 0 atom stereocenters. The molecule has 18 heavy (non-hydrogen) atoms. The molecule has 1 saturated carbocycles. The predicted octanol–water partition coefficient (Wildman–Crippen LogP) is 0.955. The van der Waals surface area contributed by atoms with Crippen LogP contribution in [0.5, 0.6) is 0 Å². The first kappa shape index (κ1) is 12.0. The minimum Gasteiger partial charge on any atom is -0.353 e. The quantitative estimate of drug-likeness (QED) is 0.887. The zero-order valence-corrected chi connectivity index (χ0v) is 11.0. The van der Waals surface area contributed by atoms with Crippen molar-refractivity contribution in [3.8, 4) is 0 Å². The molecule has 98 valence electrons. The Hall–Kier alpha value is -1.07. The minimum absolute atomic E-state index is 0.202. The first-order valence-electron chi connectivity index (χ1n) is 6.44. The van der Waals surface area contributed by atoms with Gasteiger partial charge >= 0.3 is 0 Å². The Kier molecular flexibility index (Phi) is 3.26. The lowest BCUT2D eigenvalue weighted by molar-refractivity contribution is 0.247. The smallest absolute Gasteiger partial charge is 0.271 e. The van der Waals surface area contributed by atoms with Crippen molar-refractivity contribution in [3.05, 3.63) is 21.7 Å². The number of piperazine rings is 1. The van der Waals surface area contributed by atoms with Gasteiger partial charge in [0.2, 0.25) is 0 Å². The zero-order valence-electron chi connectivity index (χ0n) is 10.2. The Bertz CT molecular complexity index is 477. The van der Waals surface area contributed by atoms with Crippen molar-refractivity contribution in [2.75, 3.05) is 37.6 Å². The van der Waals surface area contributed by atoms with E-state index in [9.17, 15) is 4.79 Å². The highest BCUT2D eigenvalue weighted by Crippen LogP contribution is 2.30. The van der Waals surface area contributed by atoms with Gasteiger partial charge in [0.25, 0.3) is 5.56 Å². The van der Waals surface area contributed by atoms with Crippen molar-refractivity contribution in [3.63, 3.8) is 0 Å². The van der Waals surface area contributed by atoms with Crippen LogP contribution in [0.15, 0.2) is 11.1 Å². The Morgan fingerprint density at radius 3 is 2.72 bits per heavy atom. The Morgan fingerprint density at radius 1 is 1.33 bits per heavy atom. The van der Waals surface area contributed by atoms with Crippen molar-refractivity contribution in [1.82, 2.24) is 14.9 Å². The summed E-state index contributed by atoms with van der Waals surface area (Å²) in [5.41, 5.74) is -0.262. The van der Waals surface area contributed by atoms with E-state index in [4.69, 9.17) is 11.6 Å². The van der Waals surface area contributed by atoms with Crippen molar-refractivity contribution < 1.29 is 0 Å². The molecule has 6 heteroatoms. The summed E-state index contributed by atoms with van der Waals surface area (Å²) in [7, 11) is 0. The average molecular weight is 269 g/mol. The van der Waals surface area contributed by atoms with Crippen LogP contribution in [0.4, 0.5) is 5.82 Å². The number of hydrogen-bond donors (Lipinski definition) is 1. The van der Waals surface area contributed by atoms with E-state index in [1.807, 2.05) is 0 Å². The summed E-state index contributed by atoms with van der Waals surface area (Å²) >= 11 is 6.00. The van der Waals surface area contributed by atoms with Gasteiger partial charge in [0.05, 0.1) is 6.33 Å². The lowest BCUT2D eigenvalue weighted by Crippen LogP contribution is -2.47. The molecule has 5 nitrogen and oxygen atoms in total. The normalized spacial score (nSPS) is 21.3. The van der Waals surface area contributed by atoms with Crippen molar-refractivity contribution >= 4 is 17.4 Å². The fourth-order valence-electron chi connectivity index (χ4n) is 2.40. The number of hydrogen-bond acceptors (Lipinski definition) is 4. The van der Waals surface area contributed by atoms with Crippen LogP contribution in [-0.2, 0) is 0 Å². The maximum Gasteiger partial charge on any atom is 0.271 e. The molecular weight excluding hydrogens is 252 g/mol. The topological polar surface area (TPSA) is 52.2 Å². The van der Waals surface area contributed by atoms with E-state index in [0.29, 0.717) is 5.82 Å². The highest BCUT2D eigenvalue weighted by atomic mass is 35.5. The molecule has 1 N–H and O–H groups in total. The standard InChI is InChI=1S/C12H17ClN4O/c13-10-11(14-8-15-12(10)18)17-5-3-16(4-6-17)7-9-1-2-9/h8-9H,1-7H2,(H,14,15,18). The second kappa shape index (κ2) is 4.90. The molecule has 1 aliphatic carbocycles. The number of nitrogens with one attached hydrogen (secondary N) is 1. The molecule has 1 aliphatic heterocycles. The maximum atomic E-state index is 11.4. The lowest BCUT2D eigenvalue weighted by Gasteiger charge is -2.35. The first-order valence-corrected chi connectivity index (χ1v) is 6.82. The Morgan fingerprint density at radius 2 is 2.06 bits per heavy atom. The maximum absolute atomic E-state index is 11.4. The van der Waals surface area contributed by atoms with E-state index >= 15 is 0 Å². The van der Waals surface area contributed by atoms with E-state index in [2.05, 4.69) is 19.8 Å². The Balaban J connectivity index is 1.64. The molecule has 1 saturated heterocycles. The number of aromatic amines is 1. The van der Waals surface area contributed by atoms with Crippen LogP contribution < -0.4 is 10.5 Å². The van der Waals surface area contributed by atoms with Crippen molar-refractivity contribution in [2.45, 2.75) is 12.8 Å². The van der Waals surface area contributed by atoms with E-state index in [1.165, 1.54) is 25.7 Å². The molecule has 2 heterocycles. The summed E-state index contributed by atoms with van der Waals surface area (Å²) in [6.07, 6.45) is 4.20. The van der Waals surface area contributed by atoms with E-state index in [-0.39, 0.29) is 10.6 Å².